The van der Waals surface area contributed by atoms with Gasteiger partial charge < -0.3 is 11.1 Å². The Bertz CT molecular complexity index is 941. The topological polar surface area (TPSA) is 122 Å². The van der Waals surface area contributed by atoms with Crippen molar-refractivity contribution in [3.63, 3.8) is 0 Å². The van der Waals surface area contributed by atoms with Crippen LogP contribution in [-0.4, -0.2) is 40.6 Å². The number of amides is 4. The van der Waals surface area contributed by atoms with Crippen molar-refractivity contribution < 1.29 is 19.2 Å². The van der Waals surface area contributed by atoms with E-state index in [4.69, 9.17) is 5.73 Å². The molecule has 8 nitrogen and oxygen atoms in total. The Morgan fingerprint density at radius 1 is 1.10 bits per heavy atom. The quantitative estimate of drug-likeness (QED) is 0.640. The number of nitrogens with one attached hydrogen (secondary N) is 2. The third-order valence-corrected chi connectivity index (χ3v) is 7.30. The number of carbonyl (C=O) groups is 4. The summed E-state index contributed by atoms with van der Waals surface area (Å²) in [5.41, 5.74) is 5.41. The first-order chi connectivity index (χ1) is 14.4. The molecule has 4 atom stereocenters. The standard InChI is InChI=1S/C22H26N4O4/c23-16(27)11-10-15-17-18(20(29)26(19(17)28)12-6-2-1-3-7-12)22(25-15)13-8-4-5-9-14(13)24-21(22)30/h4-5,8-9,12,15,17-18,25H,1-3,6-7,10-11H2,(H2,23,27)(H,24,30). The highest BCUT2D eigenvalue weighted by Gasteiger charge is 2.70. The minimum atomic E-state index is -1.29. The SMILES string of the molecule is NC(=O)CCC1NC2(C(=O)Nc3ccccc32)C2C(=O)N(C3CCCCC3)C(=O)C12. The van der Waals surface area contributed by atoms with Crippen LogP contribution in [0.2, 0.25) is 0 Å². The van der Waals surface area contributed by atoms with E-state index in [-0.39, 0.29) is 30.2 Å². The molecule has 4 amide bonds. The number of carbonyl (C=O) groups excluding carboxylic acids is 4. The molecule has 2 saturated heterocycles. The molecule has 1 saturated carbocycles. The van der Waals surface area contributed by atoms with Crippen LogP contribution in [0.15, 0.2) is 24.3 Å². The predicted molar refractivity (Wildman–Crippen MR) is 108 cm³/mol. The van der Waals surface area contributed by atoms with Crippen molar-refractivity contribution in [2.24, 2.45) is 17.6 Å². The van der Waals surface area contributed by atoms with Crippen molar-refractivity contribution in [1.29, 1.82) is 0 Å². The number of hydrogen-bond donors (Lipinski definition) is 3. The van der Waals surface area contributed by atoms with Crippen LogP contribution in [-0.2, 0) is 24.7 Å². The number of hydrogen-bond acceptors (Lipinski definition) is 5. The molecule has 1 aliphatic carbocycles. The van der Waals surface area contributed by atoms with Gasteiger partial charge in [-0.2, -0.15) is 0 Å². The van der Waals surface area contributed by atoms with Crippen molar-refractivity contribution in [1.82, 2.24) is 10.2 Å². The highest BCUT2D eigenvalue weighted by atomic mass is 16.2. The molecule has 5 rings (SSSR count). The van der Waals surface area contributed by atoms with Crippen LogP contribution >= 0.6 is 0 Å². The van der Waals surface area contributed by atoms with Crippen LogP contribution in [0, 0.1) is 11.8 Å². The first-order valence-electron chi connectivity index (χ1n) is 10.8. The van der Waals surface area contributed by atoms with Crippen molar-refractivity contribution in [2.75, 3.05) is 5.32 Å². The summed E-state index contributed by atoms with van der Waals surface area (Å²) in [6.45, 7) is 0. The fourth-order valence-electron chi connectivity index (χ4n) is 6.03. The van der Waals surface area contributed by atoms with E-state index in [1.807, 2.05) is 18.2 Å². The van der Waals surface area contributed by atoms with Crippen LogP contribution in [0.4, 0.5) is 5.69 Å². The number of nitrogens with zero attached hydrogens (tertiary/aromatic N) is 1. The molecule has 3 heterocycles. The van der Waals surface area contributed by atoms with Crippen molar-refractivity contribution in [2.45, 2.75) is 62.6 Å². The number of imide groups is 1. The molecule has 4 aliphatic rings. The van der Waals surface area contributed by atoms with Gasteiger partial charge in [-0.05, 0) is 25.3 Å². The maximum absolute atomic E-state index is 13.7. The van der Waals surface area contributed by atoms with Gasteiger partial charge in [-0.3, -0.25) is 29.4 Å². The van der Waals surface area contributed by atoms with E-state index in [1.165, 1.54) is 4.90 Å². The second kappa shape index (κ2) is 6.91. The second-order valence-corrected chi connectivity index (χ2v) is 8.91. The van der Waals surface area contributed by atoms with E-state index in [1.54, 1.807) is 6.07 Å². The predicted octanol–water partition coefficient (Wildman–Crippen LogP) is 1.01. The maximum Gasteiger partial charge on any atom is 0.250 e. The lowest BCUT2D eigenvalue weighted by molar-refractivity contribution is -0.146. The van der Waals surface area contributed by atoms with E-state index < -0.39 is 29.3 Å². The third-order valence-electron chi connectivity index (χ3n) is 7.30. The van der Waals surface area contributed by atoms with Crippen LogP contribution in [0.1, 0.15) is 50.5 Å². The average Bonchev–Trinajstić information content (AvgIpc) is 3.32. The number of primary amides is 1. The van der Waals surface area contributed by atoms with Crippen LogP contribution < -0.4 is 16.4 Å². The number of nitrogens with two attached hydrogens (primary N) is 1. The number of rotatable bonds is 4. The van der Waals surface area contributed by atoms with Gasteiger partial charge in [0.15, 0.2) is 0 Å². The number of benzene rings is 1. The number of likely N-dealkylation sites (tertiary alicyclic amines) is 1. The molecular formula is C22H26N4O4. The highest BCUT2D eigenvalue weighted by molar-refractivity contribution is 6.15. The molecule has 0 aromatic heterocycles. The zero-order valence-corrected chi connectivity index (χ0v) is 16.7. The molecule has 3 aliphatic heterocycles. The van der Waals surface area contributed by atoms with Crippen molar-refractivity contribution >= 4 is 29.3 Å². The maximum atomic E-state index is 13.7. The van der Waals surface area contributed by atoms with E-state index in [0.717, 1.165) is 32.1 Å². The van der Waals surface area contributed by atoms with Gasteiger partial charge in [0.1, 0.15) is 5.54 Å². The summed E-state index contributed by atoms with van der Waals surface area (Å²) in [6, 6.07) is 6.71. The van der Waals surface area contributed by atoms with Crippen molar-refractivity contribution in [3.8, 4) is 0 Å². The van der Waals surface area contributed by atoms with Gasteiger partial charge >= 0.3 is 0 Å². The fourth-order valence-corrected chi connectivity index (χ4v) is 6.03. The Labute approximate surface area is 174 Å². The molecule has 158 valence electrons. The molecule has 0 radical (unpaired) electrons. The Kier molecular flexibility index (Phi) is 4.43. The Hall–Kier alpha value is -2.74. The van der Waals surface area contributed by atoms with E-state index in [9.17, 15) is 19.2 Å². The molecular weight excluding hydrogens is 384 g/mol. The molecule has 8 heteroatoms. The molecule has 1 spiro atoms. The molecule has 3 fully saturated rings. The monoisotopic (exact) mass is 410 g/mol. The number of anilines is 1. The first kappa shape index (κ1) is 19.2. The van der Waals surface area contributed by atoms with Gasteiger partial charge in [-0.1, -0.05) is 37.5 Å². The molecule has 30 heavy (non-hydrogen) atoms. The van der Waals surface area contributed by atoms with Crippen molar-refractivity contribution in [3.05, 3.63) is 29.8 Å². The highest BCUT2D eigenvalue weighted by Crippen LogP contribution is 2.54. The lowest BCUT2D eigenvalue weighted by atomic mass is 9.76. The van der Waals surface area contributed by atoms with Gasteiger partial charge in [-0.25, -0.2) is 0 Å². The normalized spacial score (nSPS) is 33.1. The van der Waals surface area contributed by atoms with Crippen LogP contribution in [0.25, 0.3) is 0 Å². The van der Waals surface area contributed by atoms with E-state index in [2.05, 4.69) is 10.6 Å². The number of para-hydroxylation sites is 1. The summed E-state index contributed by atoms with van der Waals surface area (Å²) in [6.07, 6.45) is 5.13. The smallest absolute Gasteiger partial charge is 0.250 e. The van der Waals surface area contributed by atoms with Gasteiger partial charge in [0, 0.05) is 29.8 Å². The summed E-state index contributed by atoms with van der Waals surface area (Å²) in [5.74, 6) is -2.74. The lowest BCUT2D eigenvalue weighted by Gasteiger charge is -2.33. The van der Waals surface area contributed by atoms with Gasteiger partial charge in [0.2, 0.25) is 23.6 Å². The van der Waals surface area contributed by atoms with Gasteiger partial charge in [0.25, 0.3) is 0 Å². The summed E-state index contributed by atoms with van der Waals surface area (Å²) in [7, 11) is 0. The second-order valence-electron chi connectivity index (χ2n) is 8.91. The minimum Gasteiger partial charge on any atom is -0.370 e. The minimum absolute atomic E-state index is 0.0884. The average molecular weight is 410 g/mol. The first-order valence-corrected chi connectivity index (χ1v) is 10.8. The molecule has 0 bridgehead atoms. The lowest BCUT2D eigenvalue weighted by Crippen LogP contribution is -2.54. The largest absolute Gasteiger partial charge is 0.370 e. The Morgan fingerprint density at radius 2 is 1.83 bits per heavy atom. The Balaban J connectivity index is 1.59. The molecule has 1 aromatic rings. The van der Waals surface area contributed by atoms with Crippen LogP contribution in [0.5, 0.6) is 0 Å². The molecule has 4 unspecified atom stereocenters. The van der Waals surface area contributed by atoms with Crippen LogP contribution in [0.3, 0.4) is 0 Å². The van der Waals surface area contributed by atoms with E-state index in [0.29, 0.717) is 17.7 Å². The molecule has 4 N–H and O–H groups in total. The van der Waals surface area contributed by atoms with Gasteiger partial charge in [0.05, 0.1) is 11.8 Å². The fraction of sp³-hybridized carbons (Fsp3) is 0.545. The Morgan fingerprint density at radius 3 is 2.57 bits per heavy atom. The number of fused-ring (bicyclic) bond motifs is 4. The zero-order chi connectivity index (χ0) is 21.0. The van der Waals surface area contributed by atoms with E-state index >= 15 is 0 Å². The molecule has 1 aromatic carbocycles. The summed E-state index contributed by atoms with van der Waals surface area (Å²) in [4.78, 5) is 53.4. The third kappa shape index (κ3) is 2.56. The zero-order valence-electron chi connectivity index (χ0n) is 16.7. The summed E-state index contributed by atoms with van der Waals surface area (Å²) < 4.78 is 0. The summed E-state index contributed by atoms with van der Waals surface area (Å²) in [5, 5.41) is 6.21. The van der Waals surface area contributed by atoms with Gasteiger partial charge in [-0.15, -0.1) is 0 Å². The summed E-state index contributed by atoms with van der Waals surface area (Å²) >= 11 is 0.